The zero-order valence-electron chi connectivity index (χ0n) is 12.0. The molecule has 20 heavy (non-hydrogen) atoms. The van der Waals surface area contributed by atoms with Gasteiger partial charge in [-0.3, -0.25) is 4.68 Å². The zero-order valence-corrected chi connectivity index (χ0v) is 12.7. The minimum absolute atomic E-state index is 0.0284. The smallest absolute Gasteiger partial charge is 0.129 e. The Bertz CT molecular complexity index is 587. The third kappa shape index (κ3) is 4.05. The predicted octanol–water partition coefficient (Wildman–Crippen LogP) is 3.61. The van der Waals surface area contributed by atoms with Gasteiger partial charge in [0.05, 0.1) is 12.2 Å². The van der Waals surface area contributed by atoms with E-state index in [1.54, 1.807) is 23.0 Å². The maximum atomic E-state index is 13.8. The molecule has 1 aromatic heterocycles. The summed E-state index contributed by atoms with van der Waals surface area (Å²) in [6, 6.07) is 6.65. The largest absolute Gasteiger partial charge is 0.306 e. The number of rotatable bonds is 4. The van der Waals surface area contributed by atoms with E-state index in [1.165, 1.54) is 6.07 Å². The summed E-state index contributed by atoms with van der Waals surface area (Å²) in [4.78, 5) is 0. The molecule has 2 aromatic rings. The van der Waals surface area contributed by atoms with Crippen LogP contribution in [0, 0.1) is 5.82 Å². The summed E-state index contributed by atoms with van der Waals surface area (Å²) in [6.07, 6.45) is 1.73. The molecule has 0 saturated heterocycles. The van der Waals surface area contributed by atoms with Gasteiger partial charge in [0.15, 0.2) is 0 Å². The summed E-state index contributed by atoms with van der Waals surface area (Å²) in [6.45, 7) is 7.40. The molecule has 0 atom stereocenters. The summed E-state index contributed by atoms with van der Waals surface area (Å²) >= 11 is 5.76. The van der Waals surface area contributed by atoms with E-state index in [9.17, 15) is 4.39 Å². The first-order valence-electron chi connectivity index (χ1n) is 6.55. The summed E-state index contributed by atoms with van der Waals surface area (Å²) in [7, 11) is 0. The maximum absolute atomic E-state index is 13.8. The average Bonchev–Trinajstić information content (AvgIpc) is 2.77. The van der Waals surface area contributed by atoms with Crippen LogP contribution in [0.1, 0.15) is 32.0 Å². The second kappa shape index (κ2) is 5.94. The van der Waals surface area contributed by atoms with E-state index >= 15 is 0 Å². The molecule has 0 saturated carbocycles. The Balaban J connectivity index is 2.12. The molecular weight excluding hydrogens is 277 g/mol. The van der Waals surface area contributed by atoms with Gasteiger partial charge in [0.1, 0.15) is 5.82 Å². The molecular formula is C15H19ClFN3. The number of hydrogen-bond acceptors (Lipinski definition) is 2. The molecule has 0 bridgehead atoms. The van der Waals surface area contributed by atoms with Crippen molar-refractivity contribution in [3.63, 3.8) is 0 Å². The lowest BCUT2D eigenvalue weighted by Gasteiger charge is -2.20. The van der Waals surface area contributed by atoms with Crippen molar-refractivity contribution >= 4 is 11.6 Å². The van der Waals surface area contributed by atoms with Crippen molar-refractivity contribution in [2.45, 2.75) is 39.4 Å². The lowest BCUT2D eigenvalue weighted by Crippen LogP contribution is -2.35. The van der Waals surface area contributed by atoms with Crippen LogP contribution >= 0.6 is 11.6 Å². The first-order valence-corrected chi connectivity index (χ1v) is 6.92. The molecule has 0 radical (unpaired) electrons. The molecule has 0 spiro atoms. The van der Waals surface area contributed by atoms with Crippen LogP contribution in [-0.4, -0.2) is 15.3 Å². The molecule has 5 heteroatoms. The highest BCUT2D eigenvalue weighted by Gasteiger charge is 2.12. The molecule has 0 aliphatic carbocycles. The predicted molar refractivity (Wildman–Crippen MR) is 79.3 cm³/mol. The van der Waals surface area contributed by atoms with Gasteiger partial charge in [-0.05, 0) is 39.0 Å². The van der Waals surface area contributed by atoms with Gasteiger partial charge in [0.2, 0.25) is 0 Å². The fourth-order valence-corrected chi connectivity index (χ4v) is 1.98. The Kier molecular flexibility index (Phi) is 4.45. The number of nitrogens with zero attached hydrogens (tertiary/aromatic N) is 2. The molecule has 1 aromatic carbocycles. The van der Waals surface area contributed by atoms with E-state index in [0.717, 1.165) is 5.69 Å². The monoisotopic (exact) mass is 295 g/mol. The number of nitrogens with one attached hydrogen (secondary N) is 1. The Hall–Kier alpha value is -1.39. The number of aromatic nitrogens is 2. The van der Waals surface area contributed by atoms with Crippen molar-refractivity contribution < 1.29 is 4.39 Å². The number of halogens is 2. The van der Waals surface area contributed by atoms with Gasteiger partial charge in [-0.25, -0.2) is 4.39 Å². The molecule has 3 nitrogen and oxygen atoms in total. The van der Waals surface area contributed by atoms with Gasteiger partial charge >= 0.3 is 0 Å². The molecule has 108 valence electrons. The van der Waals surface area contributed by atoms with Gasteiger partial charge in [0.25, 0.3) is 0 Å². The van der Waals surface area contributed by atoms with E-state index in [0.29, 0.717) is 23.7 Å². The maximum Gasteiger partial charge on any atom is 0.129 e. The molecule has 2 rings (SSSR count). The van der Waals surface area contributed by atoms with Gasteiger partial charge in [-0.15, -0.1) is 0 Å². The van der Waals surface area contributed by atoms with Crippen LogP contribution in [0.4, 0.5) is 4.39 Å². The third-order valence-electron chi connectivity index (χ3n) is 2.94. The summed E-state index contributed by atoms with van der Waals surface area (Å²) < 4.78 is 15.6. The minimum atomic E-state index is -0.303. The molecule has 0 fully saturated rings. The van der Waals surface area contributed by atoms with Crippen molar-refractivity contribution in [1.29, 1.82) is 0 Å². The third-order valence-corrected chi connectivity index (χ3v) is 3.17. The molecule has 1 heterocycles. The molecule has 1 N–H and O–H groups in total. The second-order valence-corrected chi connectivity index (χ2v) is 6.26. The summed E-state index contributed by atoms with van der Waals surface area (Å²) in [5.74, 6) is -0.303. The standard InChI is InChI=1S/C15H19ClFN3/c1-15(2,3)18-9-13-6-7-19-20(13)10-11-4-5-12(16)8-14(11)17/h4-8,18H,9-10H2,1-3H3. The van der Waals surface area contributed by atoms with E-state index in [4.69, 9.17) is 11.6 Å². The summed E-state index contributed by atoms with van der Waals surface area (Å²) in [5.41, 5.74) is 1.63. The molecule has 0 aliphatic rings. The van der Waals surface area contributed by atoms with Crippen molar-refractivity contribution in [3.8, 4) is 0 Å². The van der Waals surface area contributed by atoms with Gasteiger partial charge in [-0.1, -0.05) is 17.7 Å². The van der Waals surface area contributed by atoms with Crippen LogP contribution < -0.4 is 5.32 Å². The minimum Gasteiger partial charge on any atom is -0.306 e. The van der Waals surface area contributed by atoms with Gasteiger partial charge in [0, 0.05) is 28.9 Å². The SMILES string of the molecule is CC(C)(C)NCc1ccnn1Cc1ccc(Cl)cc1F. The van der Waals surface area contributed by atoms with Crippen LogP contribution in [0.15, 0.2) is 30.5 Å². The number of hydrogen-bond donors (Lipinski definition) is 1. The van der Waals surface area contributed by atoms with E-state index in [1.807, 2.05) is 6.07 Å². The van der Waals surface area contributed by atoms with Crippen LogP contribution in [0.5, 0.6) is 0 Å². The zero-order chi connectivity index (χ0) is 14.8. The topological polar surface area (TPSA) is 29.9 Å². The van der Waals surface area contributed by atoms with Crippen molar-refractivity contribution in [1.82, 2.24) is 15.1 Å². The lowest BCUT2D eigenvalue weighted by molar-refractivity contribution is 0.413. The Morgan fingerprint density at radius 3 is 2.70 bits per heavy atom. The van der Waals surface area contributed by atoms with Crippen LogP contribution in [0.25, 0.3) is 0 Å². The van der Waals surface area contributed by atoms with Crippen molar-refractivity contribution in [2.24, 2.45) is 0 Å². The van der Waals surface area contributed by atoms with Crippen LogP contribution in [-0.2, 0) is 13.1 Å². The highest BCUT2D eigenvalue weighted by molar-refractivity contribution is 6.30. The highest BCUT2D eigenvalue weighted by atomic mass is 35.5. The first-order chi connectivity index (χ1) is 9.35. The van der Waals surface area contributed by atoms with Crippen LogP contribution in [0.2, 0.25) is 5.02 Å². The fourth-order valence-electron chi connectivity index (χ4n) is 1.82. The van der Waals surface area contributed by atoms with Gasteiger partial charge < -0.3 is 5.32 Å². The Labute approximate surface area is 123 Å². The first kappa shape index (κ1) is 15.0. The van der Waals surface area contributed by atoms with Crippen molar-refractivity contribution in [2.75, 3.05) is 0 Å². The quantitative estimate of drug-likeness (QED) is 0.934. The molecule has 0 unspecified atom stereocenters. The Morgan fingerprint density at radius 1 is 1.30 bits per heavy atom. The highest BCUT2D eigenvalue weighted by Crippen LogP contribution is 2.16. The van der Waals surface area contributed by atoms with Crippen LogP contribution in [0.3, 0.4) is 0 Å². The van der Waals surface area contributed by atoms with E-state index in [2.05, 4.69) is 31.2 Å². The van der Waals surface area contributed by atoms with E-state index in [-0.39, 0.29) is 11.4 Å². The normalized spacial score (nSPS) is 11.8. The number of benzene rings is 1. The lowest BCUT2D eigenvalue weighted by atomic mass is 10.1. The van der Waals surface area contributed by atoms with E-state index < -0.39 is 0 Å². The second-order valence-electron chi connectivity index (χ2n) is 5.82. The Morgan fingerprint density at radius 2 is 2.05 bits per heavy atom. The molecule has 0 aliphatic heterocycles. The van der Waals surface area contributed by atoms with Crippen molar-refractivity contribution in [3.05, 3.63) is 52.6 Å². The average molecular weight is 296 g/mol. The fraction of sp³-hybridized carbons (Fsp3) is 0.400. The van der Waals surface area contributed by atoms with Gasteiger partial charge in [-0.2, -0.15) is 5.10 Å². The molecule has 0 amide bonds. The summed E-state index contributed by atoms with van der Waals surface area (Å²) in [5, 5.41) is 8.06.